The molecule has 0 radical (unpaired) electrons. The second-order valence-electron chi connectivity index (χ2n) is 2.71. The highest BCUT2D eigenvalue weighted by molar-refractivity contribution is 9.09. The Morgan fingerprint density at radius 2 is 2.22 bits per heavy atom. The fourth-order valence-electron chi connectivity index (χ4n) is 0.289. The van der Waals surface area contributed by atoms with Crippen LogP contribution in [0.3, 0.4) is 0 Å². The Labute approximate surface area is 69.7 Å². The molecule has 0 fully saturated rings. The second-order valence-corrected chi connectivity index (χ2v) is 3.45. The lowest BCUT2D eigenvalue weighted by Gasteiger charge is -2.16. The van der Waals surface area contributed by atoms with Crippen molar-refractivity contribution in [3.05, 3.63) is 0 Å². The van der Waals surface area contributed by atoms with Crippen LogP contribution in [0.1, 0.15) is 13.8 Å². The second kappa shape index (κ2) is 4.15. The van der Waals surface area contributed by atoms with Crippen LogP contribution in [0.4, 0.5) is 0 Å². The van der Waals surface area contributed by atoms with Crippen molar-refractivity contribution in [3.8, 4) is 0 Å². The van der Waals surface area contributed by atoms with Crippen LogP contribution in [-0.4, -0.2) is 17.0 Å². The van der Waals surface area contributed by atoms with Crippen LogP contribution in [-0.2, 0) is 0 Å². The van der Waals surface area contributed by atoms with Gasteiger partial charge >= 0.3 is 0 Å². The van der Waals surface area contributed by atoms with E-state index in [0.717, 1.165) is 11.9 Å². The molecule has 0 rings (SSSR count). The van der Waals surface area contributed by atoms with Crippen molar-refractivity contribution < 1.29 is 0 Å². The Balaban J connectivity index is 3.71. The van der Waals surface area contributed by atoms with E-state index in [9.17, 15) is 0 Å². The molecular weight excluding hydrogens is 198 g/mol. The van der Waals surface area contributed by atoms with E-state index in [0.29, 0.717) is 0 Å². The van der Waals surface area contributed by atoms with Gasteiger partial charge in [-0.1, -0.05) is 29.8 Å². The first-order valence-electron chi connectivity index (χ1n) is 2.72. The summed E-state index contributed by atoms with van der Waals surface area (Å²) in [5, 5.41) is 3.29. The molecule has 1 nitrogen and oxygen atoms in total. The standard InChI is InChI=1S/C6H10BrNS/c1-6(2,3-7)4-8-5-9/h3-4H2,1-2H3. The van der Waals surface area contributed by atoms with Gasteiger partial charge in [0.2, 0.25) is 0 Å². The molecule has 0 spiro atoms. The van der Waals surface area contributed by atoms with Crippen LogP contribution in [0.5, 0.6) is 0 Å². The molecule has 0 atom stereocenters. The van der Waals surface area contributed by atoms with Crippen molar-refractivity contribution in [2.24, 2.45) is 10.4 Å². The maximum atomic E-state index is 4.44. The lowest BCUT2D eigenvalue weighted by atomic mass is 9.97. The highest BCUT2D eigenvalue weighted by Gasteiger charge is 2.14. The van der Waals surface area contributed by atoms with Gasteiger partial charge in [-0.25, -0.2) is 4.99 Å². The minimum atomic E-state index is 0.214. The first kappa shape index (κ1) is 9.28. The average molecular weight is 208 g/mol. The van der Waals surface area contributed by atoms with E-state index in [4.69, 9.17) is 0 Å². The first-order chi connectivity index (χ1) is 4.12. The maximum absolute atomic E-state index is 4.44. The summed E-state index contributed by atoms with van der Waals surface area (Å²) in [7, 11) is 0. The molecule has 0 unspecified atom stereocenters. The lowest BCUT2D eigenvalue weighted by molar-refractivity contribution is 0.444. The van der Waals surface area contributed by atoms with Crippen molar-refractivity contribution >= 4 is 33.3 Å². The number of isothiocyanates is 1. The fraction of sp³-hybridized carbons (Fsp3) is 0.833. The normalized spacial score (nSPS) is 10.6. The van der Waals surface area contributed by atoms with Crippen LogP contribution in [0, 0.1) is 5.41 Å². The molecule has 0 amide bonds. The zero-order valence-electron chi connectivity index (χ0n) is 5.65. The Morgan fingerprint density at radius 3 is 2.56 bits per heavy atom. The third-order valence-electron chi connectivity index (χ3n) is 0.933. The molecule has 0 heterocycles. The predicted octanol–water partition coefficient (Wildman–Crippen LogP) is 2.51. The van der Waals surface area contributed by atoms with E-state index in [-0.39, 0.29) is 5.41 Å². The molecule has 9 heavy (non-hydrogen) atoms. The number of aliphatic imine (C=N–C) groups is 1. The van der Waals surface area contributed by atoms with Crippen LogP contribution in [0.25, 0.3) is 0 Å². The molecule has 0 aliphatic rings. The van der Waals surface area contributed by atoms with Gasteiger partial charge < -0.3 is 0 Å². The zero-order chi connectivity index (χ0) is 7.33. The van der Waals surface area contributed by atoms with E-state index >= 15 is 0 Å². The van der Waals surface area contributed by atoms with Gasteiger partial charge in [0.05, 0.1) is 11.7 Å². The minimum Gasteiger partial charge on any atom is -0.232 e. The Bertz CT molecular complexity index is 127. The van der Waals surface area contributed by atoms with Crippen molar-refractivity contribution in [1.29, 1.82) is 0 Å². The van der Waals surface area contributed by atoms with Gasteiger partial charge in [0.25, 0.3) is 0 Å². The van der Waals surface area contributed by atoms with Crippen LogP contribution in [0.15, 0.2) is 4.99 Å². The number of hydrogen-bond acceptors (Lipinski definition) is 2. The number of alkyl halides is 1. The smallest absolute Gasteiger partial charge is 0.0585 e. The topological polar surface area (TPSA) is 12.4 Å². The summed E-state index contributed by atoms with van der Waals surface area (Å²) in [4.78, 5) is 3.85. The van der Waals surface area contributed by atoms with Crippen molar-refractivity contribution in [1.82, 2.24) is 0 Å². The third kappa shape index (κ3) is 4.76. The van der Waals surface area contributed by atoms with E-state index in [1.165, 1.54) is 0 Å². The van der Waals surface area contributed by atoms with E-state index < -0.39 is 0 Å². The first-order valence-corrected chi connectivity index (χ1v) is 4.25. The summed E-state index contributed by atoms with van der Waals surface area (Å²) in [5.41, 5.74) is 0.214. The number of hydrogen-bond donors (Lipinski definition) is 0. The average Bonchev–Trinajstić information content (AvgIpc) is 1.84. The summed E-state index contributed by atoms with van der Waals surface area (Å²) in [6.07, 6.45) is 0. The fourth-order valence-corrected chi connectivity index (χ4v) is 0.530. The Hall–Kier alpha value is 0.280. The summed E-state index contributed by atoms with van der Waals surface area (Å²) in [6, 6.07) is 0. The highest BCUT2D eigenvalue weighted by atomic mass is 79.9. The molecule has 0 aromatic heterocycles. The van der Waals surface area contributed by atoms with Gasteiger partial charge in [0.15, 0.2) is 0 Å². The van der Waals surface area contributed by atoms with E-state index in [2.05, 4.69) is 52.1 Å². The summed E-state index contributed by atoms with van der Waals surface area (Å²) in [5.74, 6) is 0. The molecule has 3 heteroatoms. The molecule has 0 aliphatic carbocycles. The summed E-state index contributed by atoms with van der Waals surface area (Å²) < 4.78 is 0. The monoisotopic (exact) mass is 207 g/mol. The molecular formula is C6H10BrNS. The van der Waals surface area contributed by atoms with Crippen molar-refractivity contribution in [2.45, 2.75) is 13.8 Å². The van der Waals surface area contributed by atoms with Gasteiger partial charge in [-0.2, -0.15) is 0 Å². The third-order valence-corrected chi connectivity index (χ3v) is 2.58. The van der Waals surface area contributed by atoms with Gasteiger partial charge in [-0.05, 0) is 17.6 Å². The van der Waals surface area contributed by atoms with E-state index in [1.807, 2.05) is 0 Å². The Morgan fingerprint density at radius 1 is 1.67 bits per heavy atom. The predicted molar refractivity (Wildman–Crippen MR) is 47.5 cm³/mol. The van der Waals surface area contributed by atoms with Crippen LogP contribution >= 0.6 is 28.1 Å². The molecule has 0 saturated heterocycles. The quantitative estimate of drug-likeness (QED) is 0.394. The molecule has 0 aromatic carbocycles. The molecule has 0 saturated carbocycles. The summed E-state index contributed by atoms with van der Waals surface area (Å²) in [6.45, 7) is 5.00. The molecule has 0 aliphatic heterocycles. The summed E-state index contributed by atoms with van der Waals surface area (Å²) >= 11 is 7.82. The highest BCUT2D eigenvalue weighted by Crippen LogP contribution is 2.17. The van der Waals surface area contributed by atoms with Gasteiger partial charge in [0.1, 0.15) is 0 Å². The molecule has 0 N–H and O–H groups in total. The largest absolute Gasteiger partial charge is 0.232 e. The SMILES string of the molecule is CC(C)(CBr)CN=C=S. The number of thiocarbonyl (C=S) groups is 1. The van der Waals surface area contributed by atoms with Gasteiger partial charge in [-0.3, -0.25) is 0 Å². The van der Waals surface area contributed by atoms with E-state index in [1.54, 1.807) is 0 Å². The van der Waals surface area contributed by atoms with Crippen LogP contribution < -0.4 is 0 Å². The van der Waals surface area contributed by atoms with Gasteiger partial charge in [-0.15, -0.1) is 0 Å². The molecule has 0 aromatic rings. The van der Waals surface area contributed by atoms with Crippen molar-refractivity contribution in [3.63, 3.8) is 0 Å². The lowest BCUT2D eigenvalue weighted by Crippen LogP contribution is -2.16. The number of nitrogens with zero attached hydrogens (tertiary/aromatic N) is 1. The number of halogens is 1. The van der Waals surface area contributed by atoms with Crippen molar-refractivity contribution in [2.75, 3.05) is 11.9 Å². The molecule has 0 bridgehead atoms. The number of rotatable bonds is 3. The zero-order valence-corrected chi connectivity index (χ0v) is 8.05. The molecule has 52 valence electrons. The minimum absolute atomic E-state index is 0.214. The maximum Gasteiger partial charge on any atom is 0.0585 e. The van der Waals surface area contributed by atoms with Crippen LogP contribution in [0.2, 0.25) is 0 Å². The Kier molecular flexibility index (Phi) is 4.28. The van der Waals surface area contributed by atoms with Gasteiger partial charge in [0, 0.05) is 5.33 Å².